The zero-order valence-electron chi connectivity index (χ0n) is 12.5. The van der Waals surface area contributed by atoms with Gasteiger partial charge in [-0.2, -0.15) is 0 Å². The molecule has 0 spiro atoms. The fourth-order valence-electron chi connectivity index (χ4n) is 2.48. The Kier molecular flexibility index (Phi) is 5.84. The molecular formula is C15H25BrN4. The van der Waals surface area contributed by atoms with Crippen molar-refractivity contribution >= 4 is 21.6 Å². The van der Waals surface area contributed by atoms with Gasteiger partial charge >= 0.3 is 0 Å². The summed E-state index contributed by atoms with van der Waals surface area (Å²) in [6.45, 7) is 7.88. The molecule has 1 aliphatic rings. The molecule has 112 valence electrons. The molecule has 0 aliphatic carbocycles. The minimum Gasteiger partial charge on any atom is -0.398 e. The molecule has 5 heteroatoms. The van der Waals surface area contributed by atoms with Gasteiger partial charge < -0.3 is 10.6 Å². The van der Waals surface area contributed by atoms with Crippen LogP contribution in [0.15, 0.2) is 22.7 Å². The maximum Gasteiger partial charge on any atom is 0.0461 e. The van der Waals surface area contributed by atoms with Gasteiger partial charge in [0.2, 0.25) is 0 Å². The topological polar surface area (TPSA) is 35.7 Å². The second kappa shape index (κ2) is 7.41. The minimum absolute atomic E-state index is 0.826. The zero-order chi connectivity index (χ0) is 14.5. The van der Waals surface area contributed by atoms with E-state index in [-0.39, 0.29) is 0 Å². The van der Waals surface area contributed by atoms with Gasteiger partial charge in [0.25, 0.3) is 0 Å². The predicted octanol–water partition coefficient (Wildman–Crippen LogP) is 1.71. The Hall–Kier alpha value is -0.620. The number of rotatable bonds is 5. The molecule has 0 amide bonds. The molecule has 0 aromatic heterocycles. The number of nitrogens with zero attached hydrogens (tertiary/aromatic N) is 3. The monoisotopic (exact) mass is 340 g/mol. The highest BCUT2D eigenvalue weighted by Gasteiger charge is 2.17. The van der Waals surface area contributed by atoms with Gasteiger partial charge in [-0.1, -0.05) is 12.1 Å². The molecule has 20 heavy (non-hydrogen) atoms. The van der Waals surface area contributed by atoms with Crippen LogP contribution < -0.4 is 5.73 Å². The van der Waals surface area contributed by atoms with Crippen LogP contribution in [0.2, 0.25) is 0 Å². The number of likely N-dealkylation sites (N-methyl/N-ethyl adjacent to an activating group) is 1. The largest absolute Gasteiger partial charge is 0.398 e. The Morgan fingerprint density at radius 3 is 2.45 bits per heavy atom. The van der Waals surface area contributed by atoms with Crippen LogP contribution in [0.4, 0.5) is 5.69 Å². The summed E-state index contributed by atoms with van der Waals surface area (Å²) in [5, 5.41) is 0. The highest BCUT2D eigenvalue weighted by Crippen LogP contribution is 2.25. The average Bonchev–Trinajstić information content (AvgIpc) is 2.43. The molecular weight excluding hydrogens is 316 g/mol. The quantitative estimate of drug-likeness (QED) is 0.828. The van der Waals surface area contributed by atoms with Crippen LogP contribution in [0.25, 0.3) is 0 Å². The molecule has 1 heterocycles. The van der Waals surface area contributed by atoms with Crippen molar-refractivity contribution in [3.05, 3.63) is 28.2 Å². The number of hydrogen-bond acceptors (Lipinski definition) is 4. The van der Waals surface area contributed by atoms with Crippen molar-refractivity contribution in [1.29, 1.82) is 0 Å². The summed E-state index contributed by atoms with van der Waals surface area (Å²) in [6.07, 6.45) is 0. The first-order valence-electron chi connectivity index (χ1n) is 7.18. The smallest absolute Gasteiger partial charge is 0.0461 e. The number of benzene rings is 1. The predicted molar refractivity (Wildman–Crippen MR) is 88.8 cm³/mol. The Labute approximate surface area is 130 Å². The molecule has 1 saturated heterocycles. The molecule has 0 saturated carbocycles. The van der Waals surface area contributed by atoms with Crippen LogP contribution in [0.1, 0.15) is 5.56 Å². The minimum atomic E-state index is 0.826. The van der Waals surface area contributed by atoms with Crippen LogP contribution in [0.5, 0.6) is 0 Å². The van der Waals surface area contributed by atoms with E-state index in [0.29, 0.717) is 0 Å². The molecule has 1 aromatic rings. The highest BCUT2D eigenvalue weighted by atomic mass is 79.9. The Morgan fingerprint density at radius 2 is 1.80 bits per heavy atom. The van der Waals surface area contributed by atoms with Crippen molar-refractivity contribution in [1.82, 2.24) is 14.7 Å². The van der Waals surface area contributed by atoms with Crippen LogP contribution in [0, 0.1) is 0 Å². The van der Waals surface area contributed by atoms with Crippen molar-refractivity contribution in [3.8, 4) is 0 Å². The Morgan fingerprint density at radius 1 is 1.15 bits per heavy atom. The molecule has 0 unspecified atom stereocenters. The number of nitrogens with two attached hydrogens (primary N) is 1. The van der Waals surface area contributed by atoms with E-state index in [1.54, 1.807) is 0 Å². The normalized spacial score (nSPS) is 17.8. The third-order valence-electron chi connectivity index (χ3n) is 3.83. The van der Waals surface area contributed by atoms with Crippen LogP contribution in [0.3, 0.4) is 0 Å². The van der Waals surface area contributed by atoms with Gasteiger partial charge in [0, 0.05) is 56.0 Å². The van der Waals surface area contributed by atoms with Gasteiger partial charge in [0.05, 0.1) is 0 Å². The third kappa shape index (κ3) is 4.45. The molecule has 4 nitrogen and oxygen atoms in total. The summed E-state index contributed by atoms with van der Waals surface area (Å²) in [5.74, 6) is 0. The first-order chi connectivity index (χ1) is 9.56. The number of halogens is 1. The molecule has 0 radical (unpaired) electrons. The summed E-state index contributed by atoms with van der Waals surface area (Å²) in [7, 11) is 4.27. The standard InChI is InChI=1S/C15H25BrN4/c1-18(2)6-7-19-8-10-20(11-9-19)12-13-4-3-5-14(17)15(13)16/h3-5H,6-12,17H2,1-2H3. The van der Waals surface area contributed by atoms with Gasteiger partial charge in [0.15, 0.2) is 0 Å². The first kappa shape index (κ1) is 15.8. The SMILES string of the molecule is CN(C)CCN1CCN(Cc2cccc(N)c2Br)CC1. The van der Waals surface area contributed by atoms with E-state index in [0.717, 1.165) is 49.4 Å². The number of piperazine rings is 1. The fourth-order valence-corrected chi connectivity index (χ4v) is 2.86. The summed E-state index contributed by atoms with van der Waals surface area (Å²) >= 11 is 3.59. The van der Waals surface area contributed by atoms with E-state index >= 15 is 0 Å². The van der Waals surface area contributed by atoms with Crippen LogP contribution in [-0.4, -0.2) is 68.1 Å². The molecule has 2 rings (SSSR count). The molecule has 0 atom stereocenters. The van der Waals surface area contributed by atoms with E-state index < -0.39 is 0 Å². The van der Waals surface area contributed by atoms with Gasteiger partial charge in [-0.15, -0.1) is 0 Å². The van der Waals surface area contributed by atoms with Crippen LogP contribution >= 0.6 is 15.9 Å². The van der Waals surface area contributed by atoms with Crippen molar-refractivity contribution in [2.45, 2.75) is 6.54 Å². The van der Waals surface area contributed by atoms with Crippen LogP contribution in [-0.2, 0) is 6.54 Å². The maximum absolute atomic E-state index is 5.94. The lowest BCUT2D eigenvalue weighted by Crippen LogP contribution is -2.47. The molecule has 0 bridgehead atoms. The molecule has 1 aromatic carbocycles. The van der Waals surface area contributed by atoms with E-state index in [2.05, 4.69) is 50.8 Å². The first-order valence-corrected chi connectivity index (χ1v) is 7.98. The lowest BCUT2D eigenvalue weighted by molar-refractivity contribution is 0.120. The fraction of sp³-hybridized carbons (Fsp3) is 0.600. The molecule has 2 N–H and O–H groups in total. The second-order valence-electron chi connectivity index (χ2n) is 5.74. The maximum atomic E-state index is 5.94. The van der Waals surface area contributed by atoms with E-state index in [4.69, 9.17) is 5.73 Å². The van der Waals surface area contributed by atoms with Gasteiger partial charge in [-0.3, -0.25) is 9.80 Å². The van der Waals surface area contributed by atoms with Crippen molar-refractivity contribution < 1.29 is 0 Å². The van der Waals surface area contributed by atoms with Crippen molar-refractivity contribution in [2.24, 2.45) is 0 Å². The highest BCUT2D eigenvalue weighted by molar-refractivity contribution is 9.10. The lowest BCUT2D eigenvalue weighted by atomic mass is 10.1. The third-order valence-corrected chi connectivity index (χ3v) is 4.80. The summed E-state index contributed by atoms with van der Waals surface area (Å²) in [5.41, 5.74) is 8.05. The zero-order valence-corrected chi connectivity index (χ0v) is 14.1. The number of anilines is 1. The van der Waals surface area contributed by atoms with Gasteiger partial charge in [0.1, 0.15) is 0 Å². The van der Waals surface area contributed by atoms with E-state index in [1.165, 1.54) is 12.1 Å². The number of hydrogen-bond donors (Lipinski definition) is 1. The van der Waals surface area contributed by atoms with Gasteiger partial charge in [-0.25, -0.2) is 0 Å². The average molecular weight is 341 g/mol. The Bertz CT molecular complexity index is 428. The molecule has 1 fully saturated rings. The number of nitrogen functional groups attached to an aromatic ring is 1. The summed E-state index contributed by atoms with van der Waals surface area (Å²) in [4.78, 5) is 7.30. The van der Waals surface area contributed by atoms with Crippen molar-refractivity contribution in [3.63, 3.8) is 0 Å². The Balaban J connectivity index is 1.81. The summed E-state index contributed by atoms with van der Waals surface area (Å²) in [6, 6.07) is 6.12. The molecule has 1 aliphatic heterocycles. The van der Waals surface area contributed by atoms with E-state index in [9.17, 15) is 0 Å². The van der Waals surface area contributed by atoms with Gasteiger partial charge in [-0.05, 0) is 41.7 Å². The lowest BCUT2D eigenvalue weighted by Gasteiger charge is -2.35. The van der Waals surface area contributed by atoms with Crippen molar-refractivity contribution in [2.75, 3.05) is 59.1 Å². The second-order valence-corrected chi connectivity index (χ2v) is 6.53. The summed E-state index contributed by atoms with van der Waals surface area (Å²) < 4.78 is 1.05. The van der Waals surface area contributed by atoms with E-state index in [1.807, 2.05) is 12.1 Å².